The average Bonchev–Trinajstić information content (AvgIpc) is 2.82. The molecule has 7 nitrogen and oxygen atoms in total. The minimum Gasteiger partial charge on any atom is -0.487 e. The van der Waals surface area contributed by atoms with E-state index in [0.717, 1.165) is 16.7 Å². The molecule has 0 aliphatic rings. The third-order valence-electron chi connectivity index (χ3n) is 5.17. The van der Waals surface area contributed by atoms with Crippen molar-refractivity contribution in [3.05, 3.63) is 83.2 Å². The molecule has 9 heteroatoms. The Bertz CT molecular complexity index is 1260. The molecule has 0 saturated carbocycles. The Labute approximate surface area is 205 Å². The minimum absolute atomic E-state index is 0.0322. The van der Waals surface area contributed by atoms with Crippen LogP contribution in [-0.4, -0.2) is 31.0 Å². The highest BCUT2D eigenvalue weighted by Gasteiger charge is 2.28. The minimum atomic E-state index is -3.92. The SMILES string of the molecule is Cc1cc(C(=O)O)ccc1COc1ccc(CCl)cc1N(CC(C)C)S(=O)(=O)c1cccnc1. The zero-order valence-corrected chi connectivity index (χ0v) is 20.8. The Balaban J connectivity index is 2.02. The van der Waals surface area contributed by atoms with Crippen molar-refractivity contribution in [2.45, 2.75) is 38.2 Å². The van der Waals surface area contributed by atoms with Crippen LogP contribution in [0.25, 0.3) is 0 Å². The summed E-state index contributed by atoms with van der Waals surface area (Å²) in [5.41, 5.74) is 2.89. The van der Waals surface area contributed by atoms with E-state index in [1.165, 1.54) is 28.8 Å². The smallest absolute Gasteiger partial charge is 0.335 e. The number of carboxylic acids is 1. The van der Waals surface area contributed by atoms with Crippen LogP contribution in [0.2, 0.25) is 0 Å². The molecule has 0 radical (unpaired) electrons. The van der Waals surface area contributed by atoms with E-state index >= 15 is 0 Å². The molecule has 3 rings (SSSR count). The lowest BCUT2D eigenvalue weighted by molar-refractivity contribution is 0.0696. The maximum Gasteiger partial charge on any atom is 0.335 e. The van der Waals surface area contributed by atoms with Crippen LogP contribution in [0.4, 0.5) is 5.69 Å². The summed E-state index contributed by atoms with van der Waals surface area (Å²) in [6, 6.07) is 13.1. The number of hydrogen-bond donors (Lipinski definition) is 1. The maximum atomic E-state index is 13.6. The van der Waals surface area contributed by atoms with Crippen LogP contribution in [0.15, 0.2) is 65.8 Å². The highest BCUT2D eigenvalue weighted by molar-refractivity contribution is 7.92. The van der Waals surface area contributed by atoms with Crippen molar-refractivity contribution < 1.29 is 23.1 Å². The zero-order valence-electron chi connectivity index (χ0n) is 19.2. The lowest BCUT2D eigenvalue weighted by atomic mass is 10.1. The van der Waals surface area contributed by atoms with Crippen LogP contribution in [0.1, 0.15) is 40.9 Å². The van der Waals surface area contributed by atoms with Crippen molar-refractivity contribution in [3.63, 3.8) is 0 Å². The van der Waals surface area contributed by atoms with E-state index in [4.69, 9.17) is 16.3 Å². The summed E-state index contributed by atoms with van der Waals surface area (Å²) in [7, 11) is -3.92. The fourth-order valence-electron chi connectivity index (χ4n) is 3.39. The van der Waals surface area contributed by atoms with Crippen molar-refractivity contribution in [1.29, 1.82) is 0 Å². The van der Waals surface area contributed by atoms with Gasteiger partial charge in [0.1, 0.15) is 17.3 Å². The number of benzene rings is 2. The summed E-state index contributed by atoms with van der Waals surface area (Å²) < 4.78 is 34.6. The largest absolute Gasteiger partial charge is 0.487 e. The molecule has 0 saturated heterocycles. The summed E-state index contributed by atoms with van der Waals surface area (Å²) in [5, 5.41) is 9.19. The van der Waals surface area contributed by atoms with E-state index in [0.29, 0.717) is 11.4 Å². The number of pyridine rings is 1. The van der Waals surface area contributed by atoms with Gasteiger partial charge in [0.05, 0.1) is 11.3 Å². The van der Waals surface area contributed by atoms with Crippen molar-refractivity contribution >= 4 is 33.3 Å². The molecule has 0 aliphatic carbocycles. The number of carbonyl (C=O) groups is 1. The summed E-state index contributed by atoms with van der Waals surface area (Å²) in [6.07, 6.45) is 2.84. The highest BCUT2D eigenvalue weighted by atomic mass is 35.5. The molecule has 1 N–H and O–H groups in total. The number of aromatic nitrogens is 1. The second kappa shape index (κ2) is 10.9. The molecule has 0 unspecified atom stereocenters. The first-order valence-electron chi connectivity index (χ1n) is 10.7. The fraction of sp³-hybridized carbons (Fsp3) is 0.280. The molecular weight excluding hydrogens is 476 g/mol. The monoisotopic (exact) mass is 502 g/mol. The van der Waals surface area contributed by atoms with Crippen LogP contribution in [0, 0.1) is 12.8 Å². The van der Waals surface area contributed by atoms with Gasteiger partial charge < -0.3 is 9.84 Å². The number of aromatic carboxylic acids is 1. The summed E-state index contributed by atoms with van der Waals surface area (Å²) >= 11 is 6.06. The quantitative estimate of drug-likeness (QED) is 0.380. The number of halogens is 1. The normalized spacial score (nSPS) is 11.4. The third kappa shape index (κ3) is 5.87. The predicted molar refractivity (Wildman–Crippen MR) is 132 cm³/mol. The molecule has 0 atom stereocenters. The number of nitrogens with zero attached hydrogens (tertiary/aromatic N) is 2. The Morgan fingerprint density at radius 1 is 1.18 bits per heavy atom. The van der Waals surface area contributed by atoms with Crippen molar-refractivity contribution in [3.8, 4) is 5.75 Å². The first kappa shape index (κ1) is 25.5. The molecule has 0 bridgehead atoms. The number of anilines is 1. The van der Waals surface area contributed by atoms with E-state index in [1.807, 2.05) is 13.8 Å². The lowest BCUT2D eigenvalue weighted by Crippen LogP contribution is -2.34. The molecule has 0 fully saturated rings. The molecule has 3 aromatic rings. The maximum absolute atomic E-state index is 13.6. The highest BCUT2D eigenvalue weighted by Crippen LogP contribution is 2.35. The number of aryl methyl sites for hydroxylation is 1. The van der Waals surface area contributed by atoms with Gasteiger partial charge in [0.2, 0.25) is 0 Å². The van der Waals surface area contributed by atoms with Crippen molar-refractivity contribution in [1.82, 2.24) is 4.98 Å². The third-order valence-corrected chi connectivity index (χ3v) is 7.24. The van der Waals surface area contributed by atoms with Gasteiger partial charge in [-0.05, 0) is 65.9 Å². The van der Waals surface area contributed by atoms with Crippen LogP contribution >= 0.6 is 11.6 Å². The van der Waals surface area contributed by atoms with Crippen LogP contribution in [-0.2, 0) is 22.5 Å². The summed E-state index contributed by atoms with van der Waals surface area (Å²) in [6.45, 7) is 6.05. The van der Waals surface area contributed by atoms with Gasteiger partial charge >= 0.3 is 5.97 Å². The van der Waals surface area contributed by atoms with Gasteiger partial charge in [0, 0.05) is 24.8 Å². The first-order chi connectivity index (χ1) is 16.1. The molecule has 34 heavy (non-hydrogen) atoms. The van der Waals surface area contributed by atoms with E-state index in [1.54, 1.807) is 43.3 Å². The Morgan fingerprint density at radius 3 is 2.53 bits per heavy atom. The number of rotatable bonds is 10. The standard InChI is InChI=1S/C25H27ClN2O5S/c1-17(2)15-28(34(31,32)22-5-4-10-27-14-22)23-12-19(13-26)6-9-24(23)33-16-21-8-7-20(25(29)30)11-18(21)3/h4-12,14,17H,13,15-16H2,1-3H3,(H,29,30). The molecule has 0 aliphatic heterocycles. The molecule has 0 amide bonds. The predicted octanol–water partition coefficient (Wildman–Crippen LogP) is 5.26. The van der Waals surface area contributed by atoms with E-state index in [9.17, 15) is 18.3 Å². The molecule has 1 aromatic heterocycles. The van der Waals surface area contributed by atoms with Gasteiger partial charge in [-0.25, -0.2) is 13.2 Å². The second-order valence-corrected chi connectivity index (χ2v) is 10.4. The Hall–Kier alpha value is -3.10. The van der Waals surface area contributed by atoms with Gasteiger partial charge in [0.25, 0.3) is 10.0 Å². The van der Waals surface area contributed by atoms with Gasteiger partial charge in [-0.3, -0.25) is 9.29 Å². The molecule has 1 heterocycles. The summed E-state index contributed by atoms with van der Waals surface area (Å²) in [5.74, 6) is -0.376. The topological polar surface area (TPSA) is 96.8 Å². The number of hydrogen-bond acceptors (Lipinski definition) is 5. The fourth-order valence-corrected chi connectivity index (χ4v) is 5.16. The van der Waals surface area contributed by atoms with Crippen LogP contribution in [0.5, 0.6) is 5.75 Å². The van der Waals surface area contributed by atoms with Crippen LogP contribution in [0.3, 0.4) is 0 Å². The molecule has 0 spiro atoms. The van der Waals surface area contributed by atoms with E-state index < -0.39 is 16.0 Å². The van der Waals surface area contributed by atoms with Crippen molar-refractivity contribution in [2.24, 2.45) is 5.92 Å². The number of carboxylic acid groups (broad SMARTS) is 1. The number of sulfonamides is 1. The lowest BCUT2D eigenvalue weighted by Gasteiger charge is -2.28. The average molecular weight is 503 g/mol. The second-order valence-electron chi connectivity index (χ2n) is 8.29. The van der Waals surface area contributed by atoms with Crippen LogP contribution < -0.4 is 9.04 Å². The summed E-state index contributed by atoms with van der Waals surface area (Å²) in [4.78, 5) is 15.3. The molecule has 180 valence electrons. The Kier molecular flexibility index (Phi) is 8.17. The van der Waals surface area contributed by atoms with Gasteiger partial charge in [0.15, 0.2) is 0 Å². The van der Waals surface area contributed by atoms with E-state index in [-0.39, 0.29) is 35.4 Å². The molecule has 2 aromatic carbocycles. The van der Waals surface area contributed by atoms with Gasteiger partial charge in [-0.2, -0.15) is 0 Å². The number of ether oxygens (including phenoxy) is 1. The molecular formula is C25H27ClN2O5S. The van der Waals surface area contributed by atoms with Crippen molar-refractivity contribution in [2.75, 3.05) is 10.8 Å². The number of alkyl halides is 1. The van der Waals surface area contributed by atoms with Gasteiger partial charge in [-0.1, -0.05) is 26.0 Å². The Morgan fingerprint density at radius 2 is 1.94 bits per heavy atom. The van der Waals surface area contributed by atoms with Gasteiger partial charge in [-0.15, -0.1) is 11.6 Å². The van der Waals surface area contributed by atoms with E-state index in [2.05, 4.69) is 4.98 Å². The first-order valence-corrected chi connectivity index (χ1v) is 12.7. The zero-order chi connectivity index (χ0) is 24.9.